The molecule has 0 saturated carbocycles. The van der Waals surface area contributed by atoms with Crippen molar-refractivity contribution in [2.45, 2.75) is 27.4 Å². The van der Waals surface area contributed by atoms with E-state index < -0.39 is 0 Å². The Morgan fingerprint density at radius 3 is 2.40 bits per heavy atom. The average molecular weight is 351 g/mol. The third-order valence-electron chi connectivity index (χ3n) is 4.02. The van der Waals surface area contributed by atoms with Gasteiger partial charge in [-0.3, -0.25) is 4.79 Å². The Labute approximate surface area is 152 Å². The van der Waals surface area contributed by atoms with Crippen molar-refractivity contribution in [3.05, 3.63) is 81.0 Å². The number of nitrogens with one attached hydrogen (secondary N) is 1. The molecule has 3 nitrogen and oxygen atoms in total. The van der Waals surface area contributed by atoms with E-state index in [1.165, 1.54) is 16.9 Å². The first kappa shape index (κ1) is 17.2. The van der Waals surface area contributed by atoms with E-state index in [0.29, 0.717) is 11.5 Å². The molecule has 1 heterocycles. The number of anilines is 1. The average Bonchev–Trinajstić information content (AvgIpc) is 3.07. The molecule has 1 aromatic heterocycles. The molecule has 1 amide bonds. The highest BCUT2D eigenvalue weighted by atomic mass is 32.1. The summed E-state index contributed by atoms with van der Waals surface area (Å²) in [6.07, 6.45) is 0. The highest BCUT2D eigenvalue weighted by Gasteiger charge is 2.12. The highest BCUT2D eigenvalue weighted by Crippen LogP contribution is 2.23. The Balaban J connectivity index is 1.64. The predicted molar refractivity (Wildman–Crippen MR) is 104 cm³/mol. The number of hydrogen-bond donors (Lipinski definition) is 1. The van der Waals surface area contributed by atoms with E-state index in [1.807, 2.05) is 74.7 Å². The fourth-order valence-corrected chi connectivity index (χ4v) is 3.35. The maximum atomic E-state index is 12.5. The van der Waals surface area contributed by atoms with E-state index in [-0.39, 0.29) is 5.91 Å². The van der Waals surface area contributed by atoms with Crippen LogP contribution >= 0.6 is 11.3 Å². The zero-order valence-corrected chi connectivity index (χ0v) is 15.4. The largest absolute Gasteiger partial charge is 0.489 e. The van der Waals surface area contributed by atoms with Crippen LogP contribution in [0.2, 0.25) is 0 Å². The minimum atomic E-state index is -0.0796. The van der Waals surface area contributed by atoms with Crippen molar-refractivity contribution in [2.75, 3.05) is 5.32 Å². The molecule has 0 fully saturated rings. The van der Waals surface area contributed by atoms with Crippen molar-refractivity contribution in [1.82, 2.24) is 0 Å². The van der Waals surface area contributed by atoms with Crippen LogP contribution < -0.4 is 10.1 Å². The van der Waals surface area contributed by atoms with Gasteiger partial charge >= 0.3 is 0 Å². The molecule has 2 aromatic carbocycles. The lowest BCUT2D eigenvalue weighted by Crippen LogP contribution is -2.12. The van der Waals surface area contributed by atoms with Crippen LogP contribution in [0.15, 0.2) is 53.9 Å². The SMILES string of the molecule is Cc1ccc(OCc2csc(C(=O)Nc3c(C)cccc3C)c2)cc1. The van der Waals surface area contributed by atoms with Crippen LogP contribution in [0.25, 0.3) is 0 Å². The number of thiophene rings is 1. The summed E-state index contributed by atoms with van der Waals surface area (Å²) in [6, 6.07) is 15.8. The summed E-state index contributed by atoms with van der Waals surface area (Å²) in [6.45, 7) is 6.50. The molecule has 3 rings (SSSR count). The zero-order chi connectivity index (χ0) is 17.8. The molecular formula is C21H21NO2S. The van der Waals surface area contributed by atoms with Gasteiger partial charge in [0.15, 0.2) is 0 Å². The smallest absolute Gasteiger partial charge is 0.265 e. The third kappa shape index (κ3) is 4.28. The van der Waals surface area contributed by atoms with Crippen molar-refractivity contribution in [2.24, 2.45) is 0 Å². The number of carbonyl (C=O) groups excluding carboxylic acids is 1. The number of para-hydroxylation sites is 1. The summed E-state index contributed by atoms with van der Waals surface area (Å²) in [7, 11) is 0. The summed E-state index contributed by atoms with van der Waals surface area (Å²) in [5.41, 5.74) is 5.21. The van der Waals surface area contributed by atoms with Crippen molar-refractivity contribution in [3.8, 4) is 5.75 Å². The maximum Gasteiger partial charge on any atom is 0.265 e. The van der Waals surface area contributed by atoms with E-state index in [2.05, 4.69) is 5.32 Å². The molecule has 0 spiro atoms. The number of aryl methyl sites for hydroxylation is 3. The first-order valence-electron chi connectivity index (χ1n) is 8.17. The molecule has 4 heteroatoms. The van der Waals surface area contributed by atoms with Gasteiger partial charge < -0.3 is 10.1 Å². The molecule has 0 aliphatic carbocycles. The van der Waals surface area contributed by atoms with Crippen LogP contribution in [0, 0.1) is 20.8 Å². The van der Waals surface area contributed by atoms with Gasteiger partial charge in [-0.25, -0.2) is 0 Å². The fourth-order valence-electron chi connectivity index (χ4n) is 2.56. The van der Waals surface area contributed by atoms with E-state index in [1.54, 1.807) is 0 Å². The topological polar surface area (TPSA) is 38.3 Å². The van der Waals surface area contributed by atoms with Gasteiger partial charge in [-0.1, -0.05) is 35.9 Å². The van der Waals surface area contributed by atoms with Crippen molar-refractivity contribution in [1.29, 1.82) is 0 Å². The van der Waals surface area contributed by atoms with Crippen LogP contribution in [0.3, 0.4) is 0 Å². The molecule has 0 radical (unpaired) electrons. The standard InChI is InChI=1S/C21H21NO2S/c1-14-7-9-18(10-8-14)24-12-17-11-19(25-13-17)21(23)22-20-15(2)5-4-6-16(20)3/h4-11,13H,12H2,1-3H3,(H,22,23). The summed E-state index contributed by atoms with van der Waals surface area (Å²) in [5, 5.41) is 4.98. The number of amides is 1. The Kier molecular flexibility index (Phi) is 5.19. The number of benzene rings is 2. The summed E-state index contributed by atoms with van der Waals surface area (Å²) in [4.78, 5) is 13.2. The zero-order valence-electron chi connectivity index (χ0n) is 14.6. The van der Waals surface area contributed by atoms with Gasteiger partial charge in [0, 0.05) is 11.3 Å². The minimum Gasteiger partial charge on any atom is -0.489 e. The molecule has 0 aliphatic rings. The summed E-state index contributed by atoms with van der Waals surface area (Å²) >= 11 is 1.43. The second kappa shape index (κ2) is 7.53. The Morgan fingerprint density at radius 1 is 1.04 bits per heavy atom. The van der Waals surface area contributed by atoms with Crippen molar-refractivity contribution < 1.29 is 9.53 Å². The molecule has 0 unspecified atom stereocenters. The van der Waals surface area contributed by atoms with Gasteiger partial charge in [-0.2, -0.15) is 0 Å². The van der Waals surface area contributed by atoms with Crippen LogP contribution in [-0.4, -0.2) is 5.91 Å². The lowest BCUT2D eigenvalue weighted by Gasteiger charge is -2.10. The van der Waals surface area contributed by atoms with Crippen LogP contribution in [0.4, 0.5) is 5.69 Å². The second-order valence-electron chi connectivity index (χ2n) is 6.14. The van der Waals surface area contributed by atoms with Gasteiger partial charge in [0.1, 0.15) is 12.4 Å². The molecule has 0 atom stereocenters. The Morgan fingerprint density at radius 2 is 1.72 bits per heavy atom. The first-order valence-corrected chi connectivity index (χ1v) is 9.05. The Hall–Kier alpha value is -2.59. The molecule has 0 bridgehead atoms. The third-order valence-corrected chi connectivity index (χ3v) is 5.00. The maximum absolute atomic E-state index is 12.5. The normalized spacial score (nSPS) is 10.5. The number of carbonyl (C=O) groups is 1. The highest BCUT2D eigenvalue weighted by molar-refractivity contribution is 7.12. The predicted octanol–water partition coefficient (Wildman–Crippen LogP) is 5.50. The van der Waals surface area contributed by atoms with Gasteiger partial charge in [0.05, 0.1) is 4.88 Å². The first-order chi connectivity index (χ1) is 12.0. The number of hydrogen-bond acceptors (Lipinski definition) is 3. The van der Waals surface area contributed by atoms with E-state index >= 15 is 0 Å². The Bertz CT molecular complexity index is 861. The quantitative estimate of drug-likeness (QED) is 0.659. The molecular weight excluding hydrogens is 330 g/mol. The lowest BCUT2D eigenvalue weighted by molar-refractivity contribution is 0.103. The molecule has 0 saturated heterocycles. The minimum absolute atomic E-state index is 0.0796. The van der Waals surface area contributed by atoms with Crippen LogP contribution in [0.1, 0.15) is 31.9 Å². The van der Waals surface area contributed by atoms with Crippen LogP contribution in [-0.2, 0) is 6.61 Å². The summed E-state index contributed by atoms with van der Waals surface area (Å²) < 4.78 is 5.77. The van der Waals surface area contributed by atoms with E-state index in [9.17, 15) is 4.79 Å². The molecule has 1 N–H and O–H groups in total. The van der Waals surface area contributed by atoms with E-state index in [4.69, 9.17) is 4.74 Å². The molecule has 128 valence electrons. The van der Waals surface area contributed by atoms with E-state index in [0.717, 1.165) is 28.1 Å². The van der Waals surface area contributed by atoms with Crippen LogP contribution in [0.5, 0.6) is 5.75 Å². The molecule has 0 aliphatic heterocycles. The fraction of sp³-hybridized carbons (Fsp3) is 0.190. The van der Waals surface area contributed by atoms with Crippen molar-refractivity contribution in [3.63, 3.8) is 0 Å². The van der Waals surface area contributed by atoms with Gasteiger partial charge in [0.2, 0.25) is 0 Å². The van der Waals surface area contributed by atoms with Gasteiger partial charge in [-0.15, -0.1) is 11.3 Å². The van der Waals surface area contributed by atoms with Gasteiger partial charge in [-0.05, 0) is 55.5 Å². The second-order valence-corrected chi connectivity index (χ2v) is 7.05. The van der Waals surface area contributed by atoms with Crippen molar-refractivity contribution >= 4 is 22.9 Å². The molecule has 25 heavy (non-hydrogen) atoms. The lowest BCUT2D eigenvalue weighted by atomic mass is 10.1. The molecule has 3 aromatic rings. The summed E-state index contributed by atoms with van der Waals surface area (Å²) in [5.74, 6) is 0.752. The van der Waals surface area contributed by atoms with Gasteiger partial charge in [0.25, 0.3) is 5.91 Å². The monoisotopic (exact) mass is 351 g/mol. The number of ether oxygens (including phenoxy) is 1. The number of rotatable bonds is 5.